The maximum absolute atomic E-state index is 12.6. The van der Waals surface area contributed by atoms with Gasteiger partial charge in [0.1, 0.15) is 11.4 Å². The van der Waals surface area contributed by atoms with Crippen molar-refractivity contribution in [3.63, 3.8) is 0 Å². The van der Waals surface area contributed by atoms with Gasteiger partial charge in [0.05, 0.1) is 27.5 Å². The number of carbonyl (C=O) groups is 3. The molecule has 174 valence electrons. The van der Waals surface area contributed by atoms with Crippen LogP contribution in [-0.4, -0.2) is 59.2 Å². The van der Waals surface area contributed by atoms with Crippen molar-refractivity contribution in [1.82, 2.24) is 14.8 Å². The number of aromatic nitrogens is 1. The van der Waals surface area contributed by atoms with Crippen molar-refractivity contribution in [3.8, 4) is 5.69 Å². The molecule has 2 aliphatic heterocycles. The lowest BCUT2D eigenvalue weighted by atomic mass is 10.1. The molecule has 1 aromatic carbocycles. The lowest BCUT2D eigenvalue weighted by molar-refractivity contribution is 0.0240. The first-order chi connectivity index (χ1) is 15.5. The van der Waals surface area contributed by atoms with Gasteiger partial charge in [-0.3, -0.25) is 24.3 Å². The van der Waals surface area contributed by atoms with E-state index in [1.165, 1.54) is 0 Å². The lowest BCUT2D eigenvalue weighted by Crippen LogP contribution is -2.50. The number of pyridine rings is 1. The van der Waals surface area contributed by atoms with Gasteiger partial charge in [-0.25, -0.2) is 4.79 Å². The van der Waals surface area contributed by atoms with Gasteiger partial charge in [-0.1, -0.05) is 11.6 Å². The summed E-state index contributed by atoms with van der Waals surface area (Å²) in [5.41, 5.74) is 6.02. The molecule has 33 heavy (non-hydrogen) atoms. The minimum absolute atomic E-state index is 0.0296. The first-order valence-corrected chi connectivity index (χ1v) is 10.8. The van der Waals surface area contributed by atoms with Crippen molar-refractivity contribution in [3.05, 3.63) is 50.8 Å². The molecule has 1 aromatic heterocycles. The molecule has 2 aromatic rings. The van der Waals surface area contributed by atoms with E-state index in [0.29, 0.717) is 36.9 Å². The summed E-state index contributed by atoms with van der Waals surface area (Å²) >= 11 is 6.54. The van der Waals surface area contributed by atoms with Gasteiger partial charge in [-0.2, -0.15) is 0 Å². The van der Waals surface area contributed by atoms with Gasteiger partial charge in [-0.05, 0) is 39.0 Å². The van der Waals surface area contributed by atoms with Crippen molar-refractivity contribution >= 4 is 41.0 Å². The van der Waals surface area contributed by atoms with E-state index in [-0.39, 0.29) is 23.0 Å². The van der Waals surface area contributed by atoms with Crippen LogP contribution in [0, 0.1) is 0 Å². The summed E-state index contributed by atoms with van der Waals surface area (Å²) in [4.78, 5) is 52.5. The van der Waals surface area contributed by atoms with Crippen LogP contribution in [0.2, 0.25) is 5.02 Å². The summed E-state index contributed by atoms with van der Waals surface area (Å²) in [5.74, 6) is -1.42. The number of amides is 3. The summed E-state index contributed by atoms with van der Waals surface area (Å²) in [7, 11) is 0. The van der Waals surface area contributed by atoms with E-state index in [1.54, 1.807) is 23.1 Å². The average Bonchev–Trinajstić information content (AvgIpc) is 3.00. The molecule has 0 atom stereocenters. The summed E-state index contributed by atoms with van der Waals surface area (Å²) in [6.45, 7) is 7.55. The number of nitrogen functional groups attached to an aromatic ring is 1. The minimum atomic E-state index is -0.648. The smallest absolute Gasteiger partial charge is 0.410 e. The third-order valence-corrected chi connectivity index (χ3v) is 5.72. The van der Waals surface area contributed by atoms with Gasteiger partial charge in [0.2, 0.25) is 0 Å². The van der Waals surface area contributed by atoms with E-state index in [1.807, 2.05) is 25.7 Å². The highest BCUT2D eigenvalue weighted by molar-refractivity contribution is 6.33. The molecule has 10 nitrogen and oxygen atoms in total. The van der Waals surface area contributed by atoms with Crippen LogP contribution in [0.25, 0.3) is 5.69 Å². The van der Waals surface area contributed by atoms with Gasteiger partial charge in [0.15, 0.2) is 0 Å². The number of fused-ring (bicyclic) bond motifs is 1. The number of halogens is 1. The number of rotatable bonds is 2. The van der Waals surface area contributed by atoms with E-state index in [4.69, 9.17) is 22.1 Å². The van der Waals surface area contributed by atoms with E-state index in [2.05, 4.69) is 5.32 Å². The molecule has 1 fully saturated rings. The highest BCUT2D eigenvalue weighted by Gasteiger charge is 2.32. The number of nitrogens with two attached hydrogens (primary N) is 1. The van der Waals surface area contributed by atoms with Crippen molar-refractivity contribution in [2.45, 2.75) is 26.4 Å². The standard InChI is InChI=1S/C22H24ClN5O5/c1-22(2,3)33-21(32)27-8-6-26(7-9-27)15-5-4-12(10-14(15)23)28-16(29)11-13-17(18(28)24)20(31)25-19(13)30/h4-5,10-11H,6-9,24H2,1-3H3,(H,25,30,31). The first kappa shape index (κ1) is 22.7. The molecular weight excluding hydrogens is 450 g/mol. The van der Waals surface area contributed by atoms with Gasteiger partial charge >= 0.3 is 6.09 Å². The number of hydrogen-bond donors (Lipinski definition) is 2. The van der Waals surface area contributed by atoms with Crippen molar-refractivity contribution in [2.24, 2.45) is 0 Å². The highest BCUT2D eigenvalue weighted by Crippen LogP contribution is 2.31. The summed E-state index contributed by atoms with van der Waals surface area (Å²) in [5, 5.41) is 2.52. The zero-order chi connectivity index (χ0) is 24.1. The lowest BCUT2D eigenvalue weighted by Gasteiger charge is -2.37. The fourth-order valence-electron chi connectivity index (χ4n) is 3.89. The molecule has 0 bridgehead atoms. The molecule has 1 saturated heterocycles. The molecule has 4 rings (SSSR count). The van der Waals surface area contributed by atoms with Crippen LogP contribution in [0.3, 0.4) is 0 Å². The molecular formula is C22H24ClN5O5. The van der Waals surface area contributed by atoms with Crippen LogP contribution in [0.15, 0.2) is 29.1 Å². The quantitative estimate of drug-likeness (QED) is 0.638. The Morgan fingerprint density at radius 3 is 2.33 bits per heavy atom. The van der Waals surface area contributed by atoms with Gasteiger partial charge in [-0.15, -0.1) is 0 Å². The Labute approximate surface area is 194 Å². The van der Waals surface area contributed by atoms with Crippen molar-refractivity contribution in [1.29, 1.82) is 0 Å². The van der Waals surface area contributed by atoms with Crippen LogP contribution in [-0.2, 0) is 4.74 Å². The Morgan fingerprint density at radius 1 is 1.06 bits per heavy atom. The molecule has 0 saturated carbocycles. The molecule has 11 heteroatoms. The largest absolute Gasteiger partial charge is 0.444 e. The Bertz CT molecular complexity index is 1220. The number of nitrogens with one attached hydrogen (secondary N) is 1. The first-order valence-electron chi connectivity index (χ1n) is 10.4. The number of hydrogen-bond acceptors (Lipinski definition) is 7. The predicted octanol–water partition coefficient (Wildman–Crippen LogP) is 2.01. The molecule has 0 aliphatic carbocycles. The second kappa shape index (κ2) is 8.11. The number of anilines is 2. The zero-order valence-electron chi connectivity index (χ0n) is 18.5. The number of carbonyl (C=O) groups excluding carboxylic acids is 3. The van der Waals surface area contributed by atoms with E-state index in [0.717, 1.165) is 16.3 Å². The van der Waals surface area contributed by atoms with Gasteiger partial charge < -0.3 is 20.3 Å². The maximum atomic E-state index is 12.6. The van der Waals surface area contributed by atoms with E-state index in [9.17, 15) is 19.2 Å². The molecule has 0 unspecified atom stereocenters. The highest BCUT2D eigenvalue weighted by atomic mass is 35.5. The van der Waals surface area contributed by atoms with Gasteiger partial charge in [0.25, 0.3) is 17.4 Å². The maximum Gasteiger partial charge on any atom is 0.410 e. The number of imide groups is 1. The topological polar surface area (TPSA) is 127 Å². The predicted molar refractivity (Wildman–Crippen MR) is 123 cm³/mol. The fraction of sp³-hybridized carbons (Fsp3) is 0.364. The normalized spacial score (nSPS) is 16.0. The Hall–Kier alpha value is -3.53. The third kappa shape index (κ3) is 4.25. The Kier molecular flexibility index (Phi) is 5.57. The SMILES string of the molecule is CC(C)(C)OC(=O)N1CCN(c2ccc(-n3c(N)c4c(cc3=O)C(=O)NC4=O)cc2Cl)CC1. The minimum Gasteiger partial charge on any atom is -0.444 e. The summed E-state index contributed by atoms with van der Waals surface area (Å²) < 4.78 is 6.57. The van der Waals surface area contributed by atoms with Gasteiger partial charge in [0, 0.05) is 32.2 Å². The average molecular weight is 474 g/mol. The second-order valence-electron chi connectivity index (χ2n) is 8.87. The molecule has 0 radical (unpaired) electrons. The van der Waals surface area contributed by atoms with Crippen LogP contribution in [0.4, 0.5) is 16.3 Å². The summed E-state index contributed by atoms with van der Waals surface area (Å²) in [6, 6.07) is 6.09. The number of benzene rings is 1. The Balaban J connectivity index is 1.56. The monoisotopic (exact) mass is 473 g/mol. The number of piperazine rings is 1. The number of ether oxygens (including phenoxy) is 1. The van der Waals surface area contributed by atoms with Crippen LogP contribution >= 0.6 is 11.6 Å². The van der Waals surface area contributed by atoms with E-state index < -0.39 is 23.0 Å². The van der Waals surface area contributed by atoms with Crippen molar-refractivity contribution in [2.75, 3.05) is 36.8 Å². The third-order valence-electron chi connectivity index (χ3n) is 5.41. The molecule has 0 spiro atoms. The molecule has 3 N–H and O–H groups in total. The molecule has 3 heterocycles. The van der Waals surface area contributed by atoms with E-state index >= 15 is 0 Å². The van der Waals surface area contributed by atoms with Crippen LogP contribution in [0.1, 0.15) is 41.5 Å². The summed E-state index contributed by atoms with van der Waals surface area (Å²) in [6.07, 6.45) is -0.349. The van der Waals surface area contributed by atoms with Crippen LogP contribution in [0.5, 0.6) is 0 Å². The molecule has 3 amide bonds. The fourth-order valence-corrected chi connectivity index (χ4v) is 4.19. The molecule has 2 aliphatic rings. The second-order valence-corrected chi connectivity index (χ2v) is 9.27. The zero-order valence-corrected chi connectivity index (χ0v) is 19.2. The number of nitrogens with zero attached hydrogens (tertiary/aromatic N) is 3. The Morgan fingerprint density at radius 2 is 1.73 bits per heavy atom. The van der Waals surface area contributed by atoms with Crippen molar-refractivity contribution < 1.29 is 19.1 Å². The van der Waals surface area contributed by atoms with Crippen LogP contribution < -0.4 is 21.5 Å².